The van der Waals surface area contributed by atoms with Crippen molar-refractivity contribution in [2.75, 3.05) is 0 Å². The van der Waals surface area contributed by atoms with Crippen LogP contribution in [-0.2, 0) is 0 Å². The minimum atomic E-state index is -0.325. The van der Waals surface area contributed by atoms with E-state index in [2.05, 4.69) is 31.9 Å². The van der Waals surface area contributed by atoms with E-state index in [-0.39, 0.29) is 11.9 Å². The molecular formula is C15H14Br2FN. The van der Waals surface area contributed by atoms with Gasteiger partial charge in [0, 0.05) is 4.47 Å². The Kier molecular flexibility index (Phi) is 4.43. The molecule has 2 aromatic rings. The van der Waals surface area contributed by atoms with Crippen molar-refractivity contribution in [2.45, 2.75) is 19.9 Å². The molecule has 0 fully saturated rings. The van der Waals surface area contributed by atoms with Crippen LogP contribution in [0.1, 0.15) is 28.3 Å². The fraction of sp³-hybridized carbons (Fsp3) is 0.200. The molecule has 1 nitrogen and oxygen atoms in total. The van der Waals surface area contributed by atoms with Crippen molar-refractivity contribution in [1.82, 2.24) is 0 Å². The summed E-state index contributed by atoms with van der Waals surface area (Å²) in [6.45, 7) is 4.02. The molecule has 0 saturated heterocycles. The lowest BCUT2D eigenvalue weighted by atomic mass is 9.94. The highest BCUT2D eigenvalue weighted by Crippen LogP contribution is 2.29. The molecule has 0 aromatic heterocycles. The molecule has 2 rings (SSSR count). The zero-order chi connectivity index (χ0) is 14.2. The molecule has 0 aliphatic rings. The van der Waals surface area contributed by atoms with E-state index in [0.29, 0.717) is 4.47 Å². The predicted octanol–water partition coefficient (Wildman–Crippen LogP) is 5.02. The summed E-state index contributed by atoms with van der Waals surface area (Å²) in [7, 11) is 0. The van der Waals surface area contributed by atoms with Crippen molar-refractivity contribution < 1.29 is 4.39 Å². The van der Waals surface area contributed by atoms with Crippen LogP contribution in [0, 0.1) is 19.7 Å². The lowest BCUT2D eigenvalue weighted by Gasteiger charge is -2.17. The van der Waals surface area contributed by atoms with Gasteiger partial charge in [-0.3, -0.25) is 0 Å². The zero-order valence-corrected chi connectivity index (χ0v) is 13.8. The summed E-state index contributed by atoms with van der Waals surface area (Å²) in [5.41, 5.74) is 10.3. The van der Waals surface area contributed by atoms with Gasteiger partial charge in [-0.15, -0.1) is 0 Å². The van der Waals surface area contributed by atoms with Crippen LogP contribution >= 0.6 is 31.9 Å². The minimum Gasteiger partial charge on any atom is -0.320 e. The number of hydrogen-bond donors (Lipinski definition) is 1. The van der Waals surface area contributed by atoms with Crippen LogP contribution in [0.2, 0.25) is 0 Å². The molecule has 0 bridgehead atoms. The summed E-state index contributed by atoms with van der Waals surface area (Å²) in [4.78, 5) is 0. The van der Waals surface area contributed by atoms with E-state index in [0.717, 1.165) is 26.7 Å². The Morgan fingerprint density at radius 1 is 1.00 bits per heavy atom. The van der Waals surface area contributed by atoms with Crippen LogP contribution < -0.4 is 5.73 Å². The zero-order valence-electron chi connectivity index (χ0n) is 10.7. The Hall–Kier alpha value is -0.710. The Morgan fingerprint density at radius 3 is 2.32 bits per heavy atom. The Morgan fingerprint density at radius 2 is 1.68 bits per heavy atom. The molecule has 100 valence electrons. The lowest BCUT2D eigenvalue weighted by Crippen LogP contribution is -2.14. The number of nitrogens with two attached hydrogens (primary N) is 1. The molecular weight excluding hydrogens is 373 g/mol. The topological polar surface area (TPSA) is 26.0 Å². The van der Waals surface area contributed by atoms with E-state index in [1.807, 2.05) is 32.0 Å². The Balaban J connectivity index is 2.46. The van der Waals surface area contributed by atoms with Gasteiger partial charge >= 0.3 is 0 Å². The quantitative estimate of drug-likeness (QED) is 0.770. The molecule has 0 amide bonds. The second-order valence-electron chi connectivity index (χ2n) is 4.61. The van der Waals surface area contributed by atoms with Crippen molar-refractivity contribution in [1.29, 1.82) is 0 Å². The number of benzene rings is 2. The SMILES string of the molecule is Cc1cc(C(N)c2ccc(Br)c(F)c2)c(C)cc1Br. The van der Waals surface area contributed by atoms with Crippen LogP contribution in [0.15, 0.2) is 39.3 Å². The van der Waals surface area contributed by atoms with Crippen LogP contribution in [0.3, 0.4) is 0 Å². The van der Waals surface area contributed by atoms with Gasteiger partial charge in [0.25, 0.3) is 0 Å². The van der Waals surface area contributed by atoms with Crippen molar-refractivity contribution in [3.8, 4) is 0 Å². The largest absolute Gasteiger partial charge is 0.320 e. The third-order valence-corrected chi connectivity index (χ3v) is 4.68. The average Bonchev–Trinajstić information content (AvgIpc) is 2.36. The van der Waals surface area contributed by atoms with Gasteiger partial charge in [0.05, 0.1) is 10.5 Å². The van der Waals surface area contributed by atoms with E-state index in [9.17, 15) is 4.39 Å². The van der Waals surface area contributed by atoms with E-state index >= 15 is 0 Å². The molecule has 0 aliphatic heterocycles. The van der Waals surface area contributed by atoms with Gasteiger partial charge < -0.3 is 5.73 Å². The van der Waals surface area contributed by atoms with Gasteiger partial charge in [0.1, 0.15) is 5.82 Å². The first kappa shape index (κ1) is 14.7. The third-order valence-electron chi connectivity index (χ3n) is 3.19. The maximum Gasteiger partial charge on any atom is 0.137 e. The molecule has 0 spiro atoms. The second-order valence-corrected chi connectivity index (χ2v) is 6.32. The third kappa shape index (κ3) is 3.07. The maximum absolute atomic E-state index is 13.6. The molecule has 19 heavy (non-hydrogen) atoms. The van der Waals surface area contributed by atoms with Gasteiger partial charge in [-0.2, -0.15) is 0 Å². The van der Waals surface area contributed by atoms with Crippen LogP contribution in [0.5, 0.6) is 0 Å². The summed E-state index contributed by atoms with van der Waals surface area (Å²) in [5.74, 6) is -0.292. The first-order valence-electron chi connectivity index (χ1n) is 5.87. The second kappa shape index (κ2) is 5.73. The van der Waals surface area contributed by atoms with E-state index < -0.39 is 0 Å². The highest BCUT2D eigenvalue weighted by Gasteiger charge is 2.14. The Bertz CT molecular complexity index is 626. The van der Waals surface area contributed by atoms with Crippen LogP contribution in [0.25, 0.3) is 0 Å². The molecule has 0 radical (unpaired) electrons. The number of halogens is 3. The summed E-state index contributed by atoms with van der Waals surface area (Å²) >= 11 is 6.65. The standard InChI is InChI=1S/C15H14Br2FN/c1-8-6-13(17)9(2)5-11(8)15(19)10-3-4-12(16)14(18)7-10/h3-7,15H,19H2,1-2H3. The van der Waals surface area contributed by atoms with Gasteiger partial charge in [-0.1, -0.05) is 28.1 Å². The van der Waals surface area contributed by atoms with Gasteiger partial charge in [-0.25, -0.2) is 4.39 Å². The van der Waals surface area contributed by atoms with Crippen LogP contribution in [0.4, 0.5) is 4.39 Å². The molecule has 2 N–H and O–H groups in total. The molecule has 0 heterocycles. The van der Waals surface area contributed by atoms with E-state index in [1.54, 1.807) is 6.07 Å². The number of hydrogen-bond acceptors (Lipinski definition) is 1. The highest BCUT2D eigenvalue weighted by atomic mass is 79.9. The van der Waals surface area contributed by atoms with Gasteiger partial charge in [0.2, 0.25) is 0 Å². The molecule has 1 atom stereocenters. The molecule has 2 aromatic carbocycles. The maximum atomic E-state index is 13.6. The molecule has 0 aliphatic carbocycles. The van der Waals surface area contributed by atoms with Crippen LogP contribution in [-0.4, -0.2) is 0 Å². The summed E-state index contributed by atoms with van der Waals surface area (Å²) < 4.78 is 15.1. The molecule has 4 heteroatoms. The molecule has 1 unspecified atom stereocenters. The molecule has 0 saturated carbocycles. The smallest absolute Gasteiger partial charge is 0.137 e. The normalized spacial score (nSPS) is 12.5. The Labute approximate surface area is 129 Å². The van der Waals surface area contributed by atoms with Crippen molar-refractivity contribution in [2.24, 2.45) is 5.73 Å². The summed E-state index contributed by atoms with van der Waals surface area (Å²) in [6, 6.07) is 8.77. The fourth-order valence-corrected chi connectivity index (χ4v) is 2.73. The average molecular weight is 387 g/mol. The lowest BCUT2D eigenvalue weighted by molar-refractivity contribution is 0.617. The van der Waals surface area contributed by atoms with E-state index in [4.69, 9.17) is 5.73 Å². The van der Waals surface area contributed by atoms with Crippen molar-refractivity contribution in [3.05, 3.63) is 67.3 Å². The van der Waals surface area contributed by atoms with Crippen molar-refractivity contribution in [3.63, 3.8) is 0 Å². The predicted molar refractivity (Wildman–Crippen MR) is 83.7 cm³/mol. The van der Waals surface area contributed by atoms with Gasteiger partial charge in [0.15, 0.2) is 0 Å². The summed E-state index contributed by atoms with van der Waals surface area (Å²) in [5, 5.41) is 0. The number of rotatable bonds is 2. The first-order valence-corrected chi connectivity index (χ1v) is 7.46. The number of aryl methyl sites for hydroxylation is 2. The van der Waals surface area contributed by atoms with E-state index in [1.165, 1.54) is 6.07 Å². The fourth-order valence-electron chi connectivity index (χ4n) is 2.02. The minimum absolute atomic E-state index is 0.292. The highest BCUT2D eigenvalue weighted by molar-refractivity contribution is 9.10. The van der Waals surface area contributed by atoms with Gasteiger partial charge in [-0.05, 0) is 70.2 Å². The first-order chi connectivity index (χ1) is 8.90. The summed E-state index contributed by atoms with van der Waals surface area (Å²) in [6.07, 6.45) is 0. The van der Waals surface area contributed by atoms with Crippen molar-refractivity contribution >= 4 is 31.9 Å². The monoisotopic (exact) mass is 385 g/mol.